The van der Waals surface area contributed by atoms with E-state index in [-0.39, 0.29) is 17.5 Å². The molecule has 0 aliphatic rings. The topological polar surface area (TPSA) is 68.3 Å². The summed E-state index contributed by atoms with van der Waals surface area (Å²) in [4.78, 5) is 0. The molecule has 0 radical (unpaired) electrons. The second-order valence-electron chi connectivity index (χ2n) is 4.09. The van der Waals surface area contributed by atoms with Gasteiger partial charge in [-0.15, -0.1) is 0 Å². The van der Waals surface area contributed by atoms with E-state index in [1.165, 1.54) is 12.1 Å². The zero-order chi connectivity index (χ0) is 14.9. The molecule has 5 N–H and O–H groups in total. The molecule has 8 heteroatoms. The van der Waals surface area contributed by atoms with Gasteiger partial charge < -0.3 is 5.48 Å². The summed E-state index contributed by atoms with van der Waals surface area (Å²) in [6, 6.07) is 4.56. The summed E-state index contributed by atoms with van der Waals surface area (Å²) < 4.78 is 54.8. The first-order valence-electron chi connectivity index (χ1n) is 5.51. The number of halogens is 5. The molecule has 0 saturated carbocycles. The maximum atomic E-state index is 13.7. The summed E-state index contributed by atoms with van der Waals surface area (Å²) >= 11 is 1.90. The van der Waals surface area contributed by atoms with Crippen molar-refractivity contribution in [3.63, 3.8) is 0 Å². The van der Waals surface area contributed by atoms with Gasteiger partial charge in [0.1, 0.15) is 5.82 Å². The van der Waals surface area contributed by atoms with Crippen LogP contribution in [-0.2, 0) is 6.42 Å². The Kier molecular flexibility index (Phi) is 6.08. The Morgan fingerprint density at radius 1 is 1.00 bits per heavy atom. The maximum absolute atomic E-state index is 13.7. The summed E-state index contributed by atoms with van der Waals surface area (Å²) in [5.74, 6) is -4.39. The average molecular weight is 416 g/mol. The number of benzene rings is 2. The molecule has 0 amide bonds. The SMILES string of the molecule is O.O[NH2+]c1c(F)cc(F)c(F)c1Cc1ccc(I)cc1F. The Balaban J connectivity index is 0.00000220. The second kappa shape index (κ2) is 7.16. The van der Waals surface area contributed by atoms with Crippen LogP contribution in [0.2, 0.25) is 0 Å². The molecule has 3 nitrogen and oxygen atoms in total. The van der Waals surface area contributed by atoms with E-state index in [1.807, 2.05) is 22.6 Å². The minimum atomic E-state index is -1.38. The zero-order valence-corrected chi connectivity index (χ0v) is 12.6. The third-order valence-corrected chi connectivity index (χ3v) is 3.49. The van der Waals surface area contributed by atoms with Crippen molar-refractivity contribution in [3.05, 3.63) is 62.2 Å². The van der Waals surface area contributed by atoms with Crippen LogP contribution in [0.5, 0.6) is 0 Å². The first kappa shape index (κ1) is 17.8. The minimum Gasteiger partial charge on any atom is -0.412 e. The van der Waals surface area contributed by atoms with Crippen LogP contribution in [0, 0.1) is 26.8 Å². The molecule has 2 rings (SSSR count). The minimum absolute atomic E-state index is 0. The highest BCUT2D eigenvalue weighted by molar-refractivity contribution is 14.1. The number of hydrogen-bond donors (Lipinski definition) is 2. The normalized spacial score (nSPS) is 10.4. The van der Waals surface area contributed by atoms with Crippen molar-refractivity contribution >= 4 is 28.3 Å². The van der Waals surface area contributed by atoms with Gasteiger partial charge in [0.25, 0.3) is 0 Å². The average Bonchev–Trinajstić information content (AvgIpc) is 2.38. The van der Waals surface area contributed by atoms with E-state index in [1.54, 1.807) is 6.07 Å². The molecule has 0 aromatic heterocycles. The lowest BCUT2D eigenvalue weighted by molar-refractivity contribution is -0.827. The Morgan fingerprint density at radius 3 is 2.24 bits per heavy atom. The summed E-state index contributed by atoms with van der Waals surface area (Å²) in [6.45, 7) is 0. The molecular formula is C13H11F4INO2+. The molecule has 21 heavy (non-hydrogen) atoms. The molecule has 0 bridgehead atoms. The van der Waals surface area contributed by atoms with Crippen LogP contribution in [0.15, 0.2) is 24.3 Å². The van der Waals surface area contributed by atoms with E-state index >= 15 is 0 Å². The van der Waals surface area contributed by atoms with Crippen molar-refractivity contribution in [3.8, 4) is 0 Å². The van der Waals surface area contributed by atoms with E-state index < -0.39 is 34.5 Å². The maximum Gasteiger partial charge on any atom is 0.204 e. The largest absolute Gasteiger partial charge is 0.412 e. The van der Waals surface area contributed by atoms with Crippen LogP contribution in [0.4, 0.5) is 23.2 Å². The summed E-state index contributed by atoms with van der Waals surface area (Å²) in [7, 11) is 0. The zero-order valence-electron chi connectivity index (χ0n) is 10.4. The molecule has 114 valence electrons. The van der Waals surface area contributed by atoms with E-state index in [9.17, 15) is 17.6 Å². The molecule has 0 atom stereocenters. The van der Waals surface area contributed by atoms with Gasteiger partial charge in [-0.3, -0.25) is 0 Å². The molecular weight excluding hydrogens is 405 g/mol. The fourth-order valence-electron chi connectivity index (χ4n) is 1.83. The Labute approximate surface area is 131 Å². The molecule has 2 aromatic carbocycles. The van der Waals surface area contributed by atoms with Gasteiger partial charge in [-0.2, -0.15) is 5.48 Å². The van der Waals surface area contributed by atoms with Crippen LogP contribution in [-0.4, -0.2) is 10.7 Å². The molecule has 0 spiro atoms. The predicted molar refractivity (Wildman–Crippen MR) is 75.2 cm³/mol. The summed E-state index contributed by atoms with van der Waals surface area (Å²) in [6.07, 6.45) is -0.365. The van der Waals surface area contributed by atoms with Crippen molar-refractivity contribution in [1.29, 1.82) is 0 Å². The monoisotopic (exact) mass is 416 g/mol. The van der Waals surface area contributed by atoms with Gasteiger partial charge in [-0.25, -0.2) is 22.8 Å². The highest BCUT2D eigenvalue weighted by Gasteiger charge is 2.23. The second-order valence-corrected chi connectivity index (χ2v) is 5.33. The van der Waals surface area contributed by atoms with E-state index in [0.717, 1.165) is 0 Å². The van der Waals surface area contributed by atoms with Gasteiger partial charge in [0.05, 0.1) is 5.56 Å². The highest BCUT2D eigenvalue weighted by atomic mass is 127. The fourth-order valence-corrected chi connectivity index (χ4v) is 2.28. The number of quaternary nitrogens is 1. The van der Waals surface area contributed by atoms with Crippen LogP contribution < -0.4 is 5.48 Å². The van der Waals surface area contributed by atoms with Crippen molar-refractivity contribution in [2.75, 3.05) is 0 Å². The Morgan fingerprint density at radius 2 is 1.67 bits per heavy atom. The molecule has 0 aliphatic heterocycles. The summed E-state index contributed by atoms with van der Waals surface area (Å²) in [5, 5.41) is 8.96. The first-order valence-corrected chi connectivity index (χ1v) is 6.59. The van der Waals surface area contributed by atoms with Crippen LogP contribution >= 0.6 is 22.6 Å². The van der Waals surface area contributed by atoms with Crippen molar-refractivity contribution in [1.82, 2.24) is 0 Å². The van der Waals surface area contributed by atoms with Crippen molar-refractivity contribution < 1.29 is 33.7 Å². The van der Waals surface area contributed by atoms with Gasteiger partial charge in [-0.05, 0) is 40.3 Å². The Bertz CT molecular complexity index is 667. The summed E-state index contributed by atoms with van der Waals surface area (Å²) in [5.41, 5.74) is -0.484. The van der Waals surface area contributed by atoms with Gasteiger partial charge >= 0.3 is 0 Å². The lowest BCUT2D eigenvalue weighted by Gasteiger charge is -2.09. The Hall–Kier alpha value is -1.23. The first-order chi connectivity index (χ1) is 9.43. The van der Waals surface area contributed by atoms with Gasteiger partial charge in [0, 0.05) is 16.1 Å². The van der Waals surface area contributed by atoms with E-state index in [2.05, 4.69) is 0 Å². The lowest BCUT2D eigenvalue weighted by atomic mass is 10.0. The molecule has 0 unspecified atom stereocenters. The van der Waals surface area contributed by atoms with E-state index in [4.69, 9.17) is 5.21 Å². The molecule has 0 aliphatic carbocycles. The van der Waals surface area contributed by atoms with Crippen LogP contribution in [0.25, 0.3) is 0 Å². The highest BCUT2D eigenvalue weighted by Crippen LogP contribution is 2.26. The number of rotatable bonds is 3. The number of nitrogens with two attached hydrogens (primary N) is 1. The standard InChI is InChI=1S/C13H8F4INO.H2O/c14-9-4-7(18)2-1-6(9)3-8-12(17)10(15)5-11(16)13(8)19-20;/h1-2,4-5,19-20H,3H2;1H2/p+1. The molecule has 0 saturated heterocycles. The lowest BCUT2D eigenvalue weighted by Crippen LogP contribution is -2.74. The number of hydrogen-bond acceptors (Lipinski definition) is 1. The molecule has 2 aromatic rings. The third kappa shape index (κ3) is 3.70. The third-order valence-electron chi connectivity index (χ3n) is 2.82. The quantitative estimate of drug-likeness (QED) is 0.260. The van der Waals surface area contributed by atoms with Gasteiger partial charge in [0.2, 0.25) is 5.69 Å². The van der Waals surface area contributed by atoms with Crippen molar-refractivity contribution in [2.45, 2.75) is 6.42 Å². The fraction of sp³-hybridized carbons (Fsp3) is 0.0769. The predicted octanol–water partition coefficient (Wildman–Crippen LogP) is 2.20. The molecule has 0 fully saturated rings. The van der Waals surface area contributed by atoms with Crippen LogP contribution in [0.3, 0.4) is 0 Å². The van der Waals surface area contributed by atoms with Gasteiger partial charge in [0.15, 0.2) is 17.5 Å². The van der Waals surface area contributed by atoms with Crippen LogP contribution in [0.1, 0.15) is 11.1 Å². The van der Waals surface area contributed by atoms with Crippen molar-refractivity contribution in [2.24, 2.45) is 0 Å². The molecule has 0 heterocycles. The smallest absolute Gasteiger partial charge is 0.204 e. The van der Waals surface area contributed by atoms with Gasteiger partial charge in [-0.1, -0.05) is 6.07 Å². The van der Waals surface area contributed by atoms with E-state index in [0.29, 0.717) is 15.1 Å².